The number of aliphatic hydroxyl groups excluding tert-OH is 1. The van der Waals surface area contributed by atoms with E-state index in [0.29, 0.717) is 5.56 Å². The van der Waals surface area contributed by atoms with Crippen molar-refractivity contribution < 1.29 is 14.3 Å². The predicted molar refractivity (Wildman–Crippen MR) is 78.1 cm³/mol. The van der Waals surface area contributed by atoms with Crippen LogP contribution in [-0.4, -0.2) is 41.7 Å². The summed E-state index contributed by atoms with van der Waals surface area (Å²) in [5.74, 6) is 4.52. The van der Waals surface area contributed by atoms with Crippen molar-refractivity contribution in [2.75, 3.05) is 19.7 Å². The minimum absolute atomic E-state index is 0.000767. The summed E-state index contributed by atoms with van der Waals surface area (Å²) >= 11 is 0. The lowest BCUT2D eigenvalue weighted by Crippen LogP contribution is -2.45. The highest BCUT2D eigenvalue weighted by Gasteiger charge is 2.30. The molecule has 3 N–H and O–H groups in total. The van der Waals surface area contributed by atoms with Crippen molar-refractivity contribution in [3.8, 4) is 11.8 Å². The van der Waals surface area contributed by atoms with Gasteiger partial charge in [-0.25, -0.2) is 4.39 Å². The number of nitrogens with zero attached hydrogens (tertiary/aromatic N) is 1. The number of amides is 1. The Kier molecular flexibility index (Phi) is 5.32. The second-order valence-electron chi connectivity index (χ2n) is 5.01. The van der Waals surface area contributed by atoms with Crippen LogP contribution in [0.15, 0.2) is 18.2 Å². The molecule has 0 aliphatic heterocycles. The van der Waals surface area contributed by atoms with Gasteiger partial charge < -0.3 is 15.7 Å². The molecule has 1 amide bonds. The summed E-state index contributed by atoms with van der Waals surface area (Å²) < 4.78 is 13.9. The molecule has 0 saturated heterocycles. The Labute approximate surface area is 123 Å². The topological polar surface area (TPSA) is 66.6 Å². The van der Waals surface area contributed by atoms with Crippen LogP contribution in [0.5, 0.6) is 0 Å². The Hall–Kier alpha value is -1.90. The molecule has 21 heavy (non-hydrogen) atoms. The first-order valence-electron chi connectivity index (χ1n) is 7.07. The van der Waals surface area contributed by atoms with Crippen molar-refractivity contribution in [2.45, 2.75) is 25.3 Å². The van der Waals surface area contributed by atoms with E-state index in [2.05, 4.69) is 11.8 Å². The molecule has 112 valence electrons. The highest BCUT2D eigenvalue weighted by atomic mass is 19.1. The zero-order valence-corrected chi connectivity index (χ0v) is 11.8. The predicted octanol–water partition coefficient (Wildman–Crippen LogP) is 1.12. The minimum Gasteiger partial charge on any atom is -0.395 e. The fourth-order valence-electron chi connectivity index (χ4n) is 2.33. The molecule has 0 radical (unpaired) electrons. The van der Waals surface area contributed by atoms with Gasteiger partial charge in [-0.3, -0.25) is 4.79 Å². The SMILES string of the molecule is NCC#Cc1ccc(F)c(C(=O)N(CCO)C2CCC2)c1. The first kappa shape index (κ1) is 15.5. The summed E-state index contributed by atoms with van der Waals surface area (Å²) in [4.78, 5) is 14.1. The van der Waals surface area contributed by atoms with Gasteiger partial charge in [-0.15, -0.1) is 0 Å². The van der Waals surface area contributed by atoms with Gasteiger partial charge in [-0.1, -0.05) is 11.8 Å². The molecule has 1 fully saturated rings. The van der Waals surface area contributed by atoms with Crippen molar-refractivity contribution in [1.29, 1.82) is 0 Å². The molecular weight excluding hydrogens is 271 g/mol. The number of benzene rings is 1. The molecule has 0 bridgehead atoms. The van der Waals surface area contributed by atoms with Gasteiger partial charge in [-0.2, -0.15) is 0 Å². The number of nitrogens with two attached hydrogens (primary N) is 1. The van der Waals surface area contributed by atoms with Crippen LogP contribution in [0.1, 0.15) is 35.2 Å². The zero-order chi connectivity index (χ0) is 15.2. The van der Waals surface area contributed by atoms with Gasteiger partial charge in [-0.05, 0) is 37.5 Å². The monoisotopic (exact) mass is 290 g/mol. The van der Waals surface area contributed by atoms with E-state index in [1.54, 1.807) is 4.90 Å². The van der Waals surface area contributed by atoms with Crippen LogP contribution in [0.4, 0.5) is 4.39 Å². The largest absolute Gasteiger partial charge is 0.395 e. The quantitative estimate of drug-likeness (QED) is 0.817. The maximum absolute atomic E-state index is 13.9. The third-order valence-electron chi connectivity index (χ3n) is 3.65. The fourth-order valence-corrected chi connectivity index (χ4v) is 2.33. The zero-order valence-electron chi connectivity index (χ0n) is 11.8. The van der Waals surface area contributed by atoms with Gasteiger partial charge in [0.15, 0.2) is 0 Å². The molecule has 0 atom stereocenters. The number of halogens is 1. The summed E-state index contributed by atoms with van der Waals surface area (Å²) in [6.07, 6.45) is 2.87. The van der Waals surface area contributed by atoms with Crippen molar-refractivity contribution in [3.63, 3.8) is 0 Å². The molecular formula is C16H19FN2O2. The maximum atomic E-state index is 13.9. The van der Waals surface area contributed by atoms with Crippen LogP contribution >= 0.6 is 0 Å². The molecule has 1 aliphatic rings. The molecule has 5 heteroatoms. The molecule has 2 rings (SSSR count). The number of rotatable bonds is 4. The second-order valence-corrected chi connectivity index (χ2v) is 5.01. The maximum Gasteiger partial charge on any atom is 0.257 e. The lowest BCUT2D eigenvalue weighted by atomic mass is 9.91. The van der Waals surface area contributed by atoms with E-state index in [1.165, 1.54) is 18.2 Å². The summed E-state index contributed by atoms with van der Waals surface area (Å²) in [6, 6.07) is 4.31. The number of hydrogen-bond donors (Lipinski definition) is 2. The first-order chi connectivity index (χ1) is 10.2. The van der Waals surface area contributed by atoms with Gasteiger partial charge in [0.1, 0.15) is 5.82 Å². The van der Waals surface area contributed by atoms with E-state index in [-0.39, 0.29) is 37.2 Å². The van der Waals surface area contributed by atoms with Gasteiger partial charge >= 0.3 is 0 Å². The van der Waals surface area contributed by atoms with Crippen molar-refractivity contribution >= 4 is 5.91 Å². The fraction of sp³-hybridized carbons (Fsp3) is 0.438. The van der Waals surface area contributed by atoms with E-state index in [9.17, 15) is 9.18 Å². The second kappa shape index (κ2) is 7.21. The summed E-state index contributed by atoms with van der Waals surface area (Å²) in [5, 5.41) is 9.12. The molecule has 1 aromatic rings. The lowest BCUT2D eigenvalue weighted by molar-refractivity contribution is 0.0521. The number of hydrogen-bond acceptors (Lipinski definition) is 3. The molecule has 0 spiro atoms. The number of carbonyl (C=O) groups excluding carboxylic acids is 1. The average Bonchev–Trinajstić information content (AvgIpc) is 2.43. The van der Waals surface area contributed by atoms with Crippen LogP contribution in [0.3, 0.4) is 0 Å². The molecule has 0 unspecified atom stereocenters. The van der Waals surface area contributed by atoms with E-state index < -0.39 is 5.82 Å². The molecule has 1 aliphatic carbocycles. The average molecular weight is 290 g/mol. The first-order valence-corrected chi connectivity index (χ1v) is 7.07. The van der Waals surface area contributed by atoms with Crippen LogP contribution in [-0.2, 0) is 0 Å². The smallest absolute Gasteiger partial charge is 0.257 e. The minimum atomic E-state index is -0.569. The Balaban J connectivity index is 2.27. The van der Waals surface area contributed by atoms with Crippen LogP contribution in [0.2, 0.25) is 0 Å². The Bertz CT molecular complexity index is 573. The van der Waals surface area contributed by atoms with Gasteiger partial charge in [0.25, 0.3) is 5.91 Å². The van der Waals surface area contributed by atoms with Crippen LogP contribution < -0.4 is 5.73 Å². The van der Waals surface area contributed by atoms with Gasteiger partial charge in [0.05, 0.1) is 18.7 Å². The molecule has 4 nitrogen and oxygen atoms in total. The highest BCUT2D eigenvalue weighted by Crippen LogP contribution is 2.26. The Morgan fingerprint density at radius 3 is 2.81 bits per heavy atom. The van der Waals surface area contributed by atoms with Gasteiger partial charge in [0, 0.05) is 18.2 Å². The standard InChI is InChI=1S/C16H19FN2O2/c17-15-7-6-12(3-2-8-18)11-14(15)16(21)19(9-10-20)13-4-1-5-13/h6-7,11,13,20H,1,4-5,8-10,18H2. The Morgan fingerprint density at radius 2 is 2.24 bits per heavy atom. The van der Waals surface area contributed by atoms with Crippen molar-refractivity contribution in [3.05, 3.63) is 35.1 Å². The van der Waals surface area contributed by atoms with Crippen LogP contribution in [0.25, 0.3) is 0 Å². The van der Waals surface area contributed by atoms with Gasteiger partial charge in [0.2, 0.25) is 0 Å². The highest BCUT2D eigenvalue weighted by molar-refractivity contribution is 5.95. The van der Waals surface area contributed by atoms with Crippen molar-refractivity contribution in [2.24, 2.45) is 5.73 Å². The normalized spacial score (nSPS) is 14.0. The summed E-state index contributed by atoms with van der Waals surface area (Å²) in [5.41, 5.74) is 5.86. The van der Waals surface area contributed by atoms with Crippen molar-refractivity contribution in [1.82, 2.24) is 4.90 Å². The lowest BCUT2D eigenvalue weighted by Gasteiger charge is -2.37. The number of aliphatic hydroxyl groups is 1. The number of carbonyl (C=O) groups is 1. The van der Waals surface area contributed by atoms with Crippen LogP contribution in [0, 0.1) is 17.7 Å². The summed E-state index contributed by atoms with van der Waals surface area (Å²) in [7, 11) is 0. The molecule has 1 saturated carbocycles. The molecule has 1 aromatic carbocycles. The van der Waals surface area contributed by atoms with E-state index in [1.807, 2.05) is 0 Å². The third kappa shape index (κ3) is 3.60. The van der Waals surface area contributed by atoms with E-state index in [4.69, 9.17) is 10.8 Å². The van der Waals surface area contributed by atoms with E-state index >= 15 is 0 Å². The molecule has 0 heterocycles. The van der Waals surface area contributed by atoms with E-state index in [0.717, 1.165) is 19.3 Å². The third-order valence-corrected chi connectivity index (χ3v) is 3.65. The molecule has 0 aromatic heterocycles. The summed E-state index contributed by atoms with van der Waals surface area (Å²) in [6.45, 7) is 0.303. The Morgan fingerprint density at radius 1 is 1.48 bits per heavy atom.